The number of ether oxygens (including phenoxy) is 2. The molecule has 5 nitrogen and oxygen atoms in total. The van der Waals surface area contributed by atoms with Gasteiger partial charge in [-0.15, -0.1) is 0 Å². The summed E-state index contributed by atoms with van der Waals surface area (Å²) in [5.41, 5.74) is 0.737. The van der Waals surface area contributed by atoms with Crippen LogP contribution < -0.4 is 14.8 Å². The number of nitrogens with zero attached hydrogens (tertiary/aromatic N) is 1. The molecule has 0 aliphatic rings. The highest BCUT2D eigenvalue weighted by atomic mass is 19.4. The minimum Gasteiger partial charge on any atom is -0.484 e. The lowest BCUT2D eigenvalue weighted by atomic mass is 10.1. The number of aromatic nitrogens is 1. The summed E-state index contributed by atoms with van der Waals surface area (Å²) in [7, 11) is 0. The van der Waals surface area contributed by atoms with Gasteiger partial charge >= 0.3 is 12.4 Å². The molecule has 0 radical (unpaired) electrons. The number of pyridine rings is 1. The van der Waals surface area contributed by atoms with E-state index < -0.39 is 37.5 Å². The van der Waals surface area contributed by atoms with Crippen molar-refractivity contribution in [1.29, 1.82) is 0 Å². The molecule has 0 fully saturated rings. The lowest BCUT2D eigenvalue weighted by molar-refractivity contribution is -0.154. The van der Waals surface area contributed by atoms with Gasteiger partial charge in [-0.3, -0.25) is 9.78 Å². The Kier molecular flexibility index (Phi) is 7.16. The number of halogens is 6. The minimum absolute atomic E-state index is 0.0693. The number of nitrogens with one attached hydrogen (secondary N) is 1. The number of aryl methyl sites for hydroxylation is 1. The van der Waals surface area contributed by atoms with Gasteiger partial charge in [-0.1, -0.05) is 0 Å². The second-order valence-corrected chi connectivity index (χ2v) is 6.36. The molecule has 0 bridgehead atoms. The molecule has 0 unspecified atom stereocenters. The third kappa shape index (κ3) is 7.45. The lowest BCUT2D eigenvalue weighted by Gasteiger charge is -2.19. The number of rotatable bonds is 7. The summed E-state index contributed by atoms with van der Waals surface area (Å²) in [6, 6.07) is 6.93. The van der Waals surface area contributed by atoms with Gasteiger partial charge in [-0.05, 0) is 50.2 Å². The van der Waals surface area contributed by atoms with Gasteiger partial charge in [0.15, 0.2) is 13.2 Å². The molecule has 30 heavy (non-hydrogen) atoms. The van der Waals surface area contributed by atoms with Gasteiger partial charge < -0.3 is 14.8 Å². The molecule has 1 aromatic carbocycles. The molecular weight excluding hydrogens is 418 g/mol. The van der Waals surface area contributed by atoms with Gasteiger partial charge in [0.2, 0.25) is 0 Å². The van der Waals surface area contributed by atoms with Gasteiger partial charge in [0.1, 0.15) is 17.2 Å². The highest BCUT2D eigenvalue weighted by Gasteiger charge is 2.30. The fraction of sp³-hybridized carbons (Fsp3) is 0.368. The van der Waals surface area contributed by atoms with Crippen LogP contribution in [0.5, 0.6) is 11.5 Å². The average Bonchev–Trinajstić information content (AvgIpc) is 2.64. The maximum absolute atomic E-state index is 12.4. The fourth-order valence-electron chi connectivity index (χ4n) is 2.37. The maximum atomic E-state index is 12.4. The molecule has 0 spiro atoms. The molecule has 0 saturated heterocycles. The van der Waals surface area contributed by atoms with E-state index in [0.717, 1.165) is 0 Å². The molecule has 2 rings (SSSR count). The van der Waals surface area contributed by atoms with E-state index in [1.54, 1.807) is 6.92 Å². The zero-order chi connectivity index (χ0) is 22.5. The predicted molar refractivity (Wildman–Crippen MR) is 94.4 cm³/mol. The molecule has 0 saturated carbocycles. The van der Waals surface area contributed by atoms with E-state index in [1.165, 1.54) is 43.3 Å². The Morgan fingerprint density at radius 3 is 2.10 bits per heavy atom. The molecule has 1 aromatic heterocycles. The summed E-state index contributed by atoms with van der Waals surface area (Å²) in [5.74, 6) is -0.795. The molecule has 1 amide bonds. The Balaban J connectivity index is 2.07. The zero-order valence-corrected chi connectivity index (χ0v) is 15.9. The van der Waals surface area contributed by atoms with Crippen molar-refractivity contribution >= 4 is 5.91 Å². The third-order valence-corrected chi connectivity index (χ3v) is 3.69. The SMILES string of the molecule is Cc1ccc(OCC(F)(F)F)c([C@@H](C)NC(=O)c2ccc(OCC(F)(F)F)cc2)n1. The molecule has 164 valence electrons. The normalized spacial score (nSPS) is 12.9. The number of benzene rings is 1. The number of hydrogen-bond acceptors (Lipinski definition) is 4. The van der Waals surface area contributed by atoms with E-state index in [1.807, 2.05) is 0 Å². The van der Waals surface area contributed by atoms with E-state index in [2.05, 4.69) is 15.0 Å². The summed E-state index contributed by atoms with van der Waals surface area (Å²) in [4.78, 5) is 16.5. The van der Waals surface area contributed by atoms with Crippen LogP contribution in [-0.4, -0.2) is 36.5 Å². The first-order valence-electron chi connectivity index (χ1n) is 8.61. The van der Waals surface area contributed by atoms with Crippen LogP contribution >= 0.6 is 0 Å². The highest BCUT2D eigenvalue weighted by Crippen LogP contribution is 2.26. The van der Waals surface area contributed by atoms with Crippen LogP contribution in [0.25, 0.3) is 0 Å². The van der Waals surface area contributed by atoms with Gasteiger partial charge in [-0.25, -0.2) is 0 Å². The second kappa shape index (κ2) is 9.23. The zero-order valence-electron chi connectivity index (χ0n) is 15.9. The fourth-order valence-corrected chi connectivity index (χ4v) is 2.37. The van der Waals surface area contributed by atoms with Gasteiger partial charge in [0, 0.05) is 11.3 Å². The van der Waals surface area contributed by atoms with Crippen molar-refractivity contribution in [2.75, 3.05) is 13.2 Å². The van der Waals surface area contributed by atoms with Crippen molar-refractivity contribution in [2.24, 2.45) is 0 Å². The summed E-state index contributed by atoms with van der Waals surface area (Å²) >= 11 is 0. The van der Waals surface area contributed by atoms with Crippen molar-refractivity contribution < 1.29 is 40.6 Å². The van der Waals surface area contributed by atoms with E-state index in [-0.39, 0.29) is 22.8 Å². The first-order valence-corrected chi connectivity index (χ1v) is 8.61. The van der Waals surface area contributed by atoms with Crippen LogP contribution in [0, 0.1) is 6.92 Å². The third-order valence-electron chi connectivity index (χ3n) is 3.69. The maximum Gasteiger partial charge on any atom is 0.422 e. The van der Waals surface area contributed by atoms with Gasteiger partial charge in [-0.2, -0.15) is 26.3 Å². The van der Waals surface area contributed by atoms with Crippen LogP contribution in [0.4, 0.5) is 26.3 Å². The topological polar surface area (TPSA) is 60.5 Å². The van der Waals surface area contributed by atoms with E-state index in [0.29, 0.717) is 5.69 Å². The molecule has 1 N–H and O–H groups in total. The Morgan fingerprint density at radius 2 is 1.53 bits per heavy atom. The van der Waals surface area contributed by atoms with Gasteiger partial charge in [0.25, 0.3) is 5.91 Å². The molecule has 1 heterocycles. The molecular formula is C19H18F6N2O3. The minimum atomic E-state index is -4.54. The quantitative estimate of drug-likeness (QED) is 0.636. The van der Waals surface area contributed by atoms with E-state index in [4.69, 9.17) is 4.74 Å². The van der Waals surface area contributed by atoms with Crippen LogP contribution in [0.1, 0.15) is 34.7 Å². The first-order chi connectivity index (χ1) is 13.8. The van der Waals surface area contributed by atoms with Crippen LogP contribution in [-0.2, 0) is 0 Å². The van der Waals surface area contributed by atoms with Crippen molar-refractivity contribution in [2.45, 2.75) is 32.2 Å². The Labute approximate surface area is 168 Å². The van der Waals surface area contributed by atoms with Crippen molar-refractivity contribution in [3.05, 3.63) is 53.3 Å². The molecule has 2 aromatic rings. The van der Waals surface area contributed by atoms with Crippen molar-refractivity contribution in [3.8, 4) is 11.5 Å². The summed E-state index contributed by atoms with van der Waals surface area (Å²) in [6.07, 6.45) is -9.03. The van der Waals surface area contributed by atoms with Gasteiger partial charge in [0.05, 0.1) is 6.04 Å². The average molecular weight is 436 g/mol. The van der Waals surface area contributed by atoms with Crippen LogP contribution in [0.3, 0.4) is 0 Å². The largest absolute Gasteiger partial charge is 0.484 e. The number of carbonyl (C=O) groups excluding carboxylic acids is 1. The monoisotopic (exact) mass is 436 g/mol. The number of alkyl halides is 6. The number of hydrogen-bond donors (Lipinski definition) is 1. The summed E-state index contributed by atoms with van der Waals surface area (Å²) in [6.45, 7) is 0.173. The van der Waals surface area contributed by atoms with E-state index >= 15 is 0 Å². The Morgan fingerprint density at radius 1 is 0.967 bits per heavy atom. The number of amides is 1. The predicted octanol–water partition coefficient (Wildman–Crippen LogP) is 4.76. The Bertz CT molecular complexity index is 866. The molecule has 11 heteroatoms. The first kappa shape index (κ1) is 23.3. The smallest absolute Gasteiger partial charge is 0.422 e. The van der Waals surface area contributed by atoms with Crippen molar-refractivity contribution in [3.63, 3.8) is 0 Å². The van der Waals surface area contributed by atoms with Crippen LogP contribution in [0.15, 0.2) is 36.4 Å². The van der Waals surface area contributed by atoms with E-state index in [9.17, 15) is 31.1 Å². The summed E-state index contributed by atoms with van der Waals surface area (Å²) < 4.78 is 83.2. The molecule has 0 aliphatic heterocycles. The molecule has 0 aliphatic carbocycles. The lowest BCUT2D eigenvalue weighted by Crippen LogP contribution is -2.28. The van der Waals surface area contributed by atoms with Crippen molar-refractivity contribution in [1.82, 2.24) is 10.3 Å². The molecule has 1 atom stereocenters. The summed E-state index contributed by atoms with van der Waals surface area (Å²) in [5, 5.41) is 2.57. The Hall–Kier alpha value is -2.98. The second-order valence-electron chi connectivity index (χ2n) is 6.36. The number of carbonyl (C=O) groups is 1. The highest BCUT2D eigenvalue weighted by molar-refractivity contribution is 5.94. The van der Waals surface area contributed by atoms with Crippen LogP contribution in [0.2, 0.25) is 0 Å². The standard InChI is InChI=1S/C19H18F6N2O3/c1-11-3-8-15(30-10-19(23,24)25)16(26-11)12(2)27-17(28)13-4-6-14(7-5-13)29-9-18(20,21)22/h3-8,12H,9-10H2,1-2H3,(H,27,28)/t12-/m1/s1.